The van der Waals surface area contributed by atoms with Gasteiger partial charge in [0.25, 0.3) is 5.91 Å². The van der Waals surface area contributed by atoms with Crippen molar-refractivity contribution in [2.45, 2.75) is 0 Å². The average molecular weight is 431 g/mol. The summed E-state index contributed by atoms with van der Waals surface area (Å²) in [5.41, 5.74) is 2.11. The highest BCUT2D eigenvalue weighted by Crippen LogP contribution is 2.22. The third-order valence-electron chi connectivity index (χ3n) is 4.15. The van der Waals surface area contributed by atoms with Crippen molar-refractivity contribution in [2.24, 2.45) is 0 Å². The fourth-order valence-electron chi connectivity index (χ4n) is 2.62. The first-order chi connectivity index (χ1) is 13.9. The number of thioether (sulfide) groups is 1. The van der Waals surface area contributed by atoms with Gasteiger partial charge in [-0.2, -0.15) is 0 Å². The van der Waals surface area contributed by atoms with Crippen LogP contribution in [0.15, 0.2) is 48.5 Å². The van der Waals surface area contributed by atoms with Crippen LogP contribution < -0.4 is 5.32 Å². The molecule has 0 atom stereocenters. The molecule has 0 spiro atoms. The molecule has 1 fully saturated rings. The Balaban J connectivity index is 1.44. The lowest BCUT2D eigenvalue weighted by atomic mass is 10.0. The van der Waals surface area contributed by atoms with Crippen LogP contribution in [0.25, 0.3) is 11.1 Å². The lowest BCUT2D eigenvalue weighted by Gasteiger charge is -2.15. The van der Waals surface area contributed by atoms with Crippen LogP contribution in [0.1, 0.15) is 10.4 Å². The fraction of sp³-hybridized carbons (Fsp3) is 0.200. The molecule has 150 valence electrons. The lowest BCUT2D eigenvalue weighted by Crippen LogP contribution is -2.38. The van der Waals surface area contributed by atoms with Crippen molar-refractivity contribution in [1.29, 1.82) is 0 Å². The van der Waals surface area contributed by atoms with Gasteiger partial charge in [0.15, 0.2) is 6.61 Å². The standard InChI is InChI=1S/C20H18N2O5S2/c23-16-7-5-14(6-8-16)13-1-3-15(4-2-13)19(26)27-11-17(24)21-9-10-22-18(25)12-29-20(22)28/h1-8,23H,9-12H2,(H,21,24). The van der Waals surface area contributed by atoms with E-state index in [1.807, 2.05) is 0 Å². The number of aromatic hydroxyl groups is 1. The van der Waals surface area contributed by atoms with Crippen LogP contribution in [0.3, 0.4) is 0 Å². The number of rotatable bonds is 7. The number of benzene rings is 2. The van der Waals surface area contributed by atoms with Crippen molar-refractivity contribution in [3.63, 3.8) is 0 Å². The van der Waals surface area contributed by atoms with E-state index in [0.29, 0.717) is 22.2 Å². The smallest absolute Gasteiger partial charge is 0.338 e. The average Bonchev–Trinajstić information content (AvgIpc) is 3.05. The summed E-state index contributed by atoms with van der Waals surface area (Å²) in [6, 6.07) is 13.5. The van der Waals surface area contributed by atoms with Crippen molar-refractivity contribution >= 4 is 46.1 Å². The van der Waals surface area contributed by atoms with E-state index in [9.17, 15) is 19.5 Å². The third kappa shape index (κ3) is 5.55. The minimum atomic E-state index is -0.607. The van der Waals surface area contributed by atoms with E-state index in [-0.39, 0.29) is 18.2 Å². The molecule has 2 aromatic rings. The van der Waals surface area contributed by atoms with Crippen LogP contribution in [-0.2, 0) is 14.3 Å². The molecule has 1 aliphatic heterocycles. The number of phenolic OH excluding ortho intramolecular Hbond substituents is 1. The number of carbonyl (C=O) groups is 3. The van der Waals surface area contributed by atoms with E-state index in [1.165, 1.54) is 16.7 Å². The Bertz CT molecular complexity index is 913. The van der Waals surface area contributed by atoms with E-state index < -0.39 is 18.5 Å². The van der Waals surface area contributed by atoms with Crippen molar-refractivity contribution in [2.75, 3.05) is 25.4 Å². The second-order valence-electron chi connectivity index (χ2n) is 6.15. The normalized spacial score (nSPS) is 13.4. The lowest BCUT2D eigenvalue weighted by molar-refractivity contribution is -0.126. The Morgan fingerprint density at radius 1 is 1.10 bits per heavy atom. The van der Waals surface area contributed by atoms with E-state index >= 15 is 0 Å². The first-order valence-corrected chi connectivity index (χ1v) is 10.1. The second kappa shape index (κ2) is 9.53. The predicted molar refractivity (Wildman–Crippen MR) is 114 cm³/mol. The van der Waals surface area contributed by atoms with Crippen LogP contribution in [0.2, 0.25) is 0 Å². The van der Waals surface area contributed by atoms with E-state index in [4.69, 9.17) is 17.0 Å². The molecule has 2 N–H and O–H groups in total. The molecule has 0 radical (unpaired) electrons. The molecule has 0 saturated carbocycles. The Morgan fingerprint density at radius 2 is 1.72 bits per heavy atom. The van der Waals surface area contributed by atoms with Gasteiger partial charge >= 0.3 is 5.97 Å². The molecule has 7 nitrogen and oxygen atoms in total. The van der Waals surface area contributed by atoms with Crippen molar-refractivity contribution in [3.05, 3.63) is 54.1 Å². The molecule has 3 rings (SSSR count). The van der Waals surface area contributed by atoms with Gasteiger partial charge in [-0.25, -0.2) is 4.79 Å². The number of carbonyl (C=O) groups excluding carboxylic acids is 3. The summed E-state index contributed by atoms with van der Waals surface area (Å²) in [4.78, 5) is 37.0. The third-order valence-corrected chi connectivity index (χ3v) is 5.59. The summed E-state index contributed by atoms with van der Waals surface area (Å²) in [5, 5.41) is 11.9. The van der Waals surface area contributed by atoms with Crippen molar-refractivity contribution in [1.82, 2.24) is 10.2 Å². The zero-order chi connectivity index (χ0) is 20.8. The molecule has 9 heteroatoms. The maximum absolute atomic E-state index is 12.1. The maximum Gasteiger partial charge on any atom is 0.338 e. The Morgan fingerprint density at radius 3 is 2.31 bits per heavy atom. The fourth-order valence-corrected chi connectivity index (χ4v) is 3.74. The number of esters is 1. The zero-order valence-corrected chi connectivity index (χ0v) is 16.9. The van der Waals surface area contributed by atoms with Crippen LogP contribution >= 0.6 is 24.0 Å². The number of hydrogen-bond donors (Lipinski definition) is 2. The molecule has 1 saturated heterocycles. The number of thiocarbonyl (C=S) groups is 1. The number of nitrogens with zero attached hydrogens (tertiary/aromatic N) is 1. The largest absolute Gasteiger partial charge is 0.508 e. The number of nitrogens with one attached hydrogen (secondary N) is 1. The summed E-state index contributed by atoms with van der Waals surface area (Å²) in [6.07, 6.45) is 0. The first-order valence-electron chi connectivity index (χ1n) is 8.74. The van der Waals surface area contributed by atoms with Gasteiger partial charge in [0.1, 0.15) is 10.1 Å². The van der Waals surface area contributed by atoms with Gasteiger partial charge in [-0.15, -0.1) is 0 Å². The van der Waals surface area contributed by atoms with Gasteiger partial charge in [-0.1, -0.05) is 48.2 Å². The molecule has 29 heavy (non-hydrogen) atoms. The van der Waals surface area contributed by atoms with Crippen molar-refractivity contribution in [3.8, 4) is 16.9 Å². The molecule has 0 aliphatic carbocycles. The number of hydrogen-bond acceptors (Lipinski definition) is 7. The van der Waals surface area contributed by atoms with Gasteiger partial charge in [0.05, 0.1) is 11.3 Å². The Labute approximate surface area is 177 Å². The highest BCUT2D eigenvalue weighted by Gasteiger charge is 2.25. The van der Waals surface area contributed by atoms with E-state index in [2.05, 4.69) is 5.32 Å². The molecule has 2 amide bonds. The van der Waals surface area contributed by atoms with Crippen LogP contribution in [0.5, 0.6) is 5.75 Å². The molecular weight excluding hydrogens is 412 g/mol. The quantitative estimate of drug-likeness (QED) is 0.513. The Kier molecular flexibility index (Phi) is 6.84. The molecular formula is C20H18N2O5S2. The van der Waals surface area contributed by atoms with E-state index in [0.717, 1.165) is 11.1 Å². The number of ether oxygens (including phenoxy) is 1. The van der Waals surface area contributed by atoms with Gasteiger partial charge in [-0.3, -0.25) is 14.5 Å². The molecule has 2 aromatic carbocycles. The van der Waals surface area contributed by atoms with Gasteiger partial charge in [0, 0.05) is 13.1 Å². The number of amides is 2. The summed E-state index contributed by atoms with van der Waals surface area (Å²) in [5.74, 6) is -0.623. The summed E-state index contributed by atoms with van der Waals surface area (Å²) >= 11 is 6.36. The molecule has 0 bridgehead atoms. The molecule has 0 unspecified atom stereocenters. The molecule has 1 aliphatic rings. The summed E-state index contributed by atoms with van der Waals surface area (Å²) < 4.78 is 5.53. The SMILES string of the molecule is O=C(COC(=O)c1ccc(-c2ccc(O)cc2)cc1)NCCN1C(=O)CSC1=S. The van der Waals surface area contributed by atoms with Gasteiger partial charge < -0.3 is 15.2 Å². The highest BCUT2D eigenvalue weighted by atomic mass is 32.2. The maximum atomic E-state index is 12.1. The van der Waals surface area contributed by atoms with Gasteiger partial charge in [-0.05, 0) is 35.4 Å². The van der Waals surface area contributed by atoms with E-state index in [1.54, 1.807) is 48.5 Å². The molecule has 0 aromatic heterocycles. The van der Waals surface area contributed by atoms with Crippen LogP contribution in [0.4, 0.5) is 0 Å². The summed E-state index contributed by atoms with van der Waals surface area (Å²) in [6.45, 7) is 0.110. The molecule has 1 heterocycles. The van der Waals surface area contributed by atoms with Crippen LogP contribution in [0, 0.1) is 0 Å². The minimum absolute atomic E-state index is 0.0728. The van der Waals surface area contributed by atoms with Gasteiger partial charge in [0.2, 0.25) is 5.91 Å². The Hall–Kier alpha value is -2.91. The summed E-state index contributed by atoms with van der Waals surface area (Å²) in [7, 11) is 0. The van der Waals surface area contributed by atoms with Crippen molar-refractivity contribution < 1.29 is 24.2 Å². The predicted octanol–water partition coefficient (Wildman–Crippen LogP) is 2.19. The van der Waals surface area contributed by atoms with Crippen LogP contribution in [-0.4, -0.2) is 57.6 Å². The monoisotopic (exact) mass is 430 g/mol. The highest BCUT2D eigenvalue weighted by molar-refractivity contribution is 8.23. The first kappa shape index (κ1) is 20.8. The minimum Gasteiger partial charge on any atom is -0.508 e. The number of phenols is 1. The topological polar surface area (TPSA) is 95.9 Å². The zero-order valence-electron chi connectivity index (χ0n) is 15.3. The second-order valence-corrected chi connectivity index (χ2v) is 7.76.